The van der Waals surface area contributed by atoms with E-state index in [0.717, 1.165) is 25.7 Å². The van der Waals surface area contributed by atoms with Gasteiger partial charge in [-0.2, -0.15) is 0 Å². The molecule has 6 nitrogen and oxygen atoms in total. The van der Waals surface area contributed by atoms with Gasteiger partial charge < -0.3 is 14.7 Å². The number of amides is 2. The smallest absolute Gasteiger partial charge is 0.245 e. The summed E-state index contributed by atoms with van der Waals surface area (Å²) in [5.41, 5.74) is 0. The minimum absolute atomic E-state index is 0.0364. The fraction of sp³-hybridized carbons (Fsp3) is 0.688. The molecule has 1 aromatic heterocycles. The van der Waals surface area contributed by atoms with Crippen LogP contribution in [0.2, 0.25) is 0 Å². The molecular formula is C16H27N3O3. The van der Waals surface area contributed by atoms with Crippen LogP contribution in [-0.2, 0) is 9.59 Å². The first-order valence-electron chi connectivity index (χ1n) is 8.00. The molecule has 1 aromatic rings. The van der Waals surface area contributed by atoms with E-state index in [0.29, 0.717) is 18.0 Å². The van der Waals surface area contributed by atoms with Crippen molar-refractivity contribution in [2.24, 2.45) is 0 Å². The van der Waals surface area contributed by atoms with Crippen molar-refractivity contribution in [2.75, 3.05) is 11.9 Å². The number of carbonyl (C=O) groups excluding carboxylic acids is 2. The summed E-state index contributed by atoms with van der Waals surface area (Å²) in [6.07, 6.45) is 4.28. The quantitative estimate of drug-likeness (QED) is 0.711. The third kappa shape index (κ3) is 5.87. The minimum atomic E-state index is -0.252. The maximum Gasteiger partial charge on any atom is 0.245 e. The second-order valence-corrected chi connectivity index (χ2v) is 5.61. The Bertz CT molecular complexity index is 485. The Balaban J connectivity index is 2.59. The molecule has 0 aromatic carbocycles. The van der Waals surface area contributed by atoms with Gasteiger partial charge in [-0.1, -0.05) is 31.8 Å². The van der Waals surface area contributed by atoms with Gasteiger partial charge in [0.2, 0.25) is 11.8 Å². The standard InChI is InChI=1S/C16H27N3O3/c1-5-7-8-9-16(21)19(12(3)6-2)11-15(20)17-14-10-13(4)22-18-14/h10,12H,5-9,11H2,1-4H3,(H,17,18,20). The van der Waals surface area contributed by atoms with Gasteiger partial charge >= 0.3 is 0 Å². The fourth-order valence-electron chi connectivity index (χ4n) is 2.14. The summed E-state index contributed by atoms with van der Waals surface area (Å²) in [6.45, 7) is 7.88. The number of hydrogen-bond acceptors (Lipinski definition) is 4. The Morgan fingerprint density at radius 1 is 1.36 bits per heavy atom. The zero-order chi connectivity index (χ0) is 16.5. The molecule has 0 aliphatic carbocycles. The highest BCUT2D eigenvalue weighted by molar-refractivity contribution is 5.93. The molecule has 1 atom stereocenters. The highest BCUT2D eigenvalue weighted by atomic mass is 16.5. The molecule has 22 heavy (non-hydrogen) atoms. The van der Waals surface area contributed by atoms with E-state index in [9.17, 15) is 9.59 Å². The lowest BCUT2D eigenvalue weighted by Crippen LogP contribution is -2.43. The van der Waals surface area contributed by atoms with Crippen LogP contribution in [0.15, 0.2) is 10.6 Å². The van der Waals surface area contributed by atoms with Crippen LogP contribution in [0.5, 0.6) is 0 Å². The van der Waals surface area contributed by atoms with Crippen molar-refractivity contribution in [2.45, 2.75) is 65.8 Å². The van der Waals surface area contributed by atoms with Crippen molar-refractivity contribution < 1.29 is 14.1 Å². The van der Waals surface area contributed by atoms with Crippen molar-refractivity contribution in [1.82, 2.24) is 10.1 Å². The third-order valence-corrected chi connectivity index (χ3v) is 3.65. The number of anilines is 1. The number of hydrogen-bond donors (Lipinski definition) is 1. The van der Waals surface area contributed by atoms with Gasteiger partial charge in [0.15, 0.2) is 5.82 Å². The van der Waals surface area contributed by atoms with Crippen LogP contribution in [0, 0.1) is 6.92 Å². The van der Waals surface area contributed by atoms with Crippen molar-refractivity contribution in [3.05, 3.63) is 11.8 Å². The highest BCUT2D eigenvalue weighted by Gasteiger charge is 2.21. The minimum Gasteiger partial charge on any atom is -0.360 e. The zero-order valence-corrected chi connectivity index (χ0v) is 14.0. The molecule has 1 heterocycles. The summed E-state index contributed by atoms with van der Waals surface area (Å²) in [4.78, 5) is 26.1. The van der Waals surface area contributed by atoms with E-state index in [1.807, 2.05) is 13.8 Å². The van der Waals surface area contributed by atoms with E-state index in [4.69, 9.17) is 4.52 Å². The van der Waals surface area contributed by atoms with Gasteiger partial charge in [0, 0.05) is 18.5 Å². The Morgan fingerprint density at radius 3 is 2.64 bits per heavy atom. The first-order valence-corrected chi connectivity index (χ1v) is 8.00. The molecule has 124 valence electrons. The summed E-state index contributed by atoms with van der Waals surface area (Å²) in [5.74, 6) is 0.793. The van der Waals surface area contributed by atoms with Gasteiger partial charge in [-0.25, -0.2) is 0 Å². The number of aryl methyl sites for hydroxylation is 1. The largest absolute Gasteiger partial charge is 0.360 e. The SMILES string of the molecule is CCCCCC(=O)N(CC(=O)Nc1cc(C)on1)C(C)CC. The van der Waals surface area contributed by atoms with E-state index < -0.39 is 0 Å². The van der Waals surface area contributed by atoms with Gasteiger partial charge in [-0.05, 0) is 26.7 Å². The maximum absolute atomic E-state index is 12.3. The lowest BCUT2D eigenvalue weighted by Gasteiger charge is -2.28. The van der Waals surface area contributed by atoms with Crippen LogP contribution < -0.4 is 5.32 Å². The average molecular weight is 309 g/mol. The van der Waals surface area contributed by atoms with Crippen molar-refractivity contribution in [3.8, 4) is 0 Å². The molecule has 0 saturated carbocycles. The van der Waals surface area contributed by atoms with Crippen LogP contribution in [0.4, 0.5) is 5.82 Å². The second-order valence-electron chi connectivity index (χ2n) is 5.61. The summed E-state index contributed by atoms with van der Waals surface area (Å²) in [7, 11) is 0. The lowest BCUT2D eigenvalue weighted by atomic mass is 10.1. The van der Waals surface area contributed by atoms with E-state index in [2.05, 4.69) is 17.4 Å². The Labute approximate surface area is 132 Å². The average Bonchev–Trinajstić information content (AvgIpc) is 2.89. The Kier molecular flexibility index (Phi) is 7.63. The van der Waals surface area contributed by atoms with Gasteiger partial charge in [-0.3, -0.25) is 9.59 Å². The normalized spacial score (nSPS) is 12.0. The van der Waals surface area contributed by atoms with Crippen LogP contribution in [0.25, 0.3) is 0 Å². The molecule has 6 heteroatoms. The fourth-order valence-corrected chi connectivity index (χ4v) is 2.14. The number of unbranched alkanes of at least 4 members (excludes halogenated alkanes) is 2. The summed E-state index contributed by atoms with van der Waals surface area (Å²) in [6, 6.07) is 1.69. The molecule has 1 N–H and O–H groups in total. The Hall–Kier alpha value is -1.85. The van der Waals surface area contributed by atoms with Gasteiger partial charge in [0.05, 0.1) is 0 Å². The van der Waals surface area contributed by atoms with E-state index >= 15 is 0 Å². The van der Waals surface area contributed by atoms with E-state index in [-0.39, 0.29) is 24.4 Å². The highest BCUT2D eigenvalue weighted by Crippen LogP contribution is 2.11. The van der Waals surface area contributed by atoms with Crippen molar-refractivity contribution in [1.29, 1.82) is 0 Å². The van der Waals surface area contributed by atoms with Crippen LogP contribution in [0.1, 0.15) is 58.6 Å². The van der Waals surface area contributed by atoms with E-state index in [1.165, 1.54) is 0 Å². The molecule has 0 saturated heterocycles. The molecule has 0 bridgehead atoms. The predicted octanol–water partition coefficient (Wildman–Crippen LogP) is 3.13. The number of rotatable bonds is 9. The van der Waals surface area contributed by atoms with Gasteiger partial charge in [0.25, 0.3) is 0 Å². The summed E-state index contributed by atoms with van der Waals surface area (Å²) < 4.78 is 4.91. The topological polar surface area (TPSA) is 75.4 Å². The predicted molar refractivity (Wildman–Crippen MR) is 85.5 cm³/mol. The molecule has 0 radical (unpaired) electrons. The van der Waals surface area contributed by atoms with Crippen LogP contribution in [-0.4, -0.2) is 34.5 Å². The number of aromatic nitrogens is 1. The molecule has 0 aliphatic heterocycles. The molecule has 0 aliphatic rings. The van der Waals surface area contributed by atoms with Gasteiger partial charge in [-0.15, -0.1) is 0 Å². The monoisotopic (exact) mass is 309 g/mol. The molecule has 2 amide bonds. The van der Waals surface area contributed by atoms with E-state index in [1.54, 1.807) is 17.9 Å². The summed E-state index contributed by atoms with van der Waals surface area (Å²) in [5, 5.41) is 6.38. The maximum atomic E-state index is 12.3. The summed E-state index contributed by atoms with van der Waals surface area (Å²) >= 11 is 0. The lowest BCUT2D eigenvalue weighted by molar-refractivity contribution is -0.136. The van der Waals surface area contributed by atoms with Gasteiger partial charge in [0.1, 0.15) is 12.3 Å². The van der Waals surface area contributed by atoms with Crippen molar-refractivity contribution >= 4 is 17.6 Å². The molecule has 0 spiro atoms. The first kappa shape index (κ1) is 18.2. The molecule has 1 rings (SSSR count). The third-order valence-electron chi connectivity index (χ3n) is 3.65. The van der Waals surface area contributed by atoms with Crippen LogP contribution in [0.3, 0.4) is 0 Å². The second kappa shape index (κ2) is 9.23. The van der Waals surface area contributed by atoms with Crippen molar-refractivity contribution in [3.63, 3.8) is 0 Å². The first-order chi connectivity index (χ1) is 10.5. The molecule has 1 unspecified atom stereocenters. The number of nitrogens with zero attached hydrogens (tertiary/aromatic N) is 2. The zero-order valence-electron chi connectivity index (χ0n) is 14.0. The number of nitrogens with one attached hydrogen (secondary N) is 1. The Morgan fingerprint density at radius 2 is 2.09 bits per heavy atom. The molecular weight excluding hydrogens is 282 g/mol. The van der Waals surface area contributed by atoms with Crippen LogP contribution >= 0.6 is 0 Å². The molecule has 0 fully saturated rings. The number of carbonyl (C=O) groups is 2.